The first-order valence-electron chi connectivity index (χ1n) is 8.98. The number of aryl methyl sites for hydroxylation is 1. The van der Waals surface area contributed by atoms with E-state index in [0.29, 0.717) is 18.1 Å². The molecule has 0 saturated carbocycles. The minimum atomic E-state index is -0.749. The van der Waals surface area contributed by atoms with Crippen molar-refractivity contribution in [2.75, 3.05) is 11.9 Å². The van der Waals surface area contributed by atoms with Crippen LogP contribution in [0.2, 0.25) is 0 Å². The summed E-state index contributed by atoms with van der Waals surface area (Å²) < 4.78 is 7.07. The van der Waals surface area contributed by atoms with Crippen molar-refractivity contribution in [1.29, 1.82) is 0 Å². The van der Waals surface area contributed by atoms with E-state index in [0.717, 1.165) is 24.4 Å². The summed E-state index contributed by atoms with van der Waals surface area (Å²) in [6.45, 7) is 0.574. The minimum absolute atomic E-state index is 0. The van der Waals surface area contributed by atoms with Gasteiger partial charge in [0.05, 0.1) is 6.61 Å². The largest absolute Gasteiger partial charge is 0.494 e. The quantitative estimate of drug-likeness (QED) is 0.581. The minimum Gasteiger partial charge on any atom is -0.494 e. The Labute approximate surface area is 173 Å². The van der Waals surface area contributed by atoms with Crippen LogP contribution in [0.15, 0.2) is 64.6 Å². The van der Waals surface area contributed by atoms with Gasteiger partial charge in [-0.3, -0.25) is 14.2 Å². The Kier molecular flexibility index (Phi) is 6.46. The lowest BCUT2D eigenvalue weighted by Gasteiger charge is -2.13. The van der Waals surface area contributed by atoms with E-state index in [9.17, 15) is 9.59 Å². The zero-order chi connectivity index (χ0) is 19.3. The van der Waals surface area contributed by atoms with Crippen molar-refractivity contribution >= 4 is 36.0 Å². The van der Waals surface area contributed by atoms with Crippen molar-refractivity contribution in [2.24, 2.45) is 4.99 Å². The third kappa shape index (κ3) is 4.72. The smallest absolute Gasteiger partial charge is 0.253 e. The summed E-state index contributed by atoms with van der Waals surface area (Å²) in [5.74, 6) is 1.83. The highest BCUT2D eigenvalue weighted by Gasteiger charge is 2.25. The molecule has 1 aromatic carbocycles. The van der Waals surface area contributed by atoms with Crippen molar-refractivity contribution < 1.29 is 9.53 Å². The van der Waals surface area contributed by atoms with Crippen molar-refractivity contribution in [3.63, 3.8) is 0 Å². The molecular formula is C20H20ClN5O3. The van der Waals surface area contributed by atoms with Crippen molar-refractivity contribution in [2.45, 2.75) is 18.9 Å². The molecule has 1 aliphatic heterocycles. The molecule has 3 heterocycles. The highest BCUT2D eigenvalue weighted by molar-refractivity contribution is 6.05. The van der Waals surface area contributed by atoms with Gasteiger partial charge in [0.25, 0.3) is 11.5 Å². The third-order valence-corrected chi connectivity index (χ3v) is 4.37. The molecule has 1 atom stereocenters. The number of nitrogens with zero attached hydrogens (tertiary/aromatic N) is 3. The van der Waals surface area contributed by atoms with Crippen LogP contribution in [0.1, 0.15) is 18.3 Å². The maximum atomic E-state index is 12.5. The topological polar surface area (TPSA) is 101 Å². The number of aromatic nitrogens is 3. The number of halogens is 1. The number of imidazole rings is 1. The standard InChI is InChI=1S/C20H19N5O3.ClH/c26-19-5-1-4-18-23-13-16(25(18)19)20(27)24-14-6-8-15(9-7-14)28-12-2-3-17-21-10-11-22-17;/h1,4-11,13,16H,2-3,12H2,(H,21,22)(H,24,27);1H. The number of carbonyl (C=O) groups excluding carboxylic acids is 1. The summed E-state index contributed by atoms with van der Waals surface area (Å²) in [7, 11) is 0. The molecule has 0 aliphatic carbocycles. The van der Waals surface area contributed by atoms with Gasteiger partial charge in [-0.05, 0) is 36.8 Å². The molecule has 9 heteroatoms. The fraction of sp³-hybridized carbons (Fsp3) is 0.200. The van der Waals surface area contributed by atoms with E-state index in [1.807, 2.05) is 0 Å². The number of nitrogens with one attached hydrogen (secondary N) is 2. The number of hydrogen-bond donors (Lipinski definition) is 2. The molecule has 0 spiro atoms. The molecule has 0 saturated heterocycles. The van der Waals surface area contributed by atoms with Gasteiger partial charge in [0.1, 0.15) is 17.4 Å². The third-order valence-electron chi connectivity index (χ3n) is 4.37. The number of pyridine rings is 1. The number of aliphatic imine (C=N–C) groups is 1. The van der Waals surface area contributed by atoms with Crippen LogP contribution >= 0.6 is 12.4 Å². The average Bonchev–Trinajstić information content (AvgIpc) is 3.37. The van der Waals surface area contributed by atoms with Crippen LogP contribution in [0.3, 0.4) is 0 Å². The lowest BCUT2D eigenvalue weighted by atomic mass is 10.2. The molecule has 8 nitrogen and oxygen atoms in total. The van der Waals surface area contributed by atoms with Gasteiger partial charge in [0, 0.05) is 36.8 Å². The fourth-order valence-electron chi connectivity index (χ4n) is 2.99. The molecule has 0 bridgehead atoms. The second-order valence-corrected chi connectivity index (χ2v) is 6.32. The van der Waals surface area contributed by atoms with Gasteiger partial charge in [-0.15, -0.1) is 12.4 Å². The van der Waals surface area contributed by atoms with Crippen LogP contribution in [-0.4, -0.2) is 33.3 Å². The number of benzene rings is 1. The number of hydrogen-bond acceptors (Lipinski definition) is 5. The summed E-state index contributed by atoms with van der Waals surface area (Å²) in [5.41, 5.74) is 0.368. The first-order valence-corrected chi connectivity index (χ1v) is 8.98. The van der Waals surface area contributed by atoms with Crippen molar-refractivity contribution in [3.05, 3.63) is 71.0 Å². The number of ether oxygens (including phenoxy) is 1. The first kappa shape index (κ1) is 20.3. The molecule has 3 aromatic rings. The van der Waals surface area contributed by atoms with Crippen LogP contribution in [0.25, 0.3) is 0 Å². The van der Waals surface area contributed by atoms with Gasteiger partial charge in [0.15, 0.2) is 6.04 Å². The number of anilines is 1. The van der Waals surface area contributed by atoms with Gasteiger partial charge in [-0.25, -0.2) is 9.98 Å². The van der Waals surface area contributed by atoms with Crippen molar-refractivity contribution in [1.82, 2.24) is 14.5 Å². The van der Waals surface area contributed by atoms with E-state index in [-0.39, 0.29) is 23.9 Å². The van der Waals surface area contributed by atoms with E-state index in [2.05, 4.69) is 20.3 Å². The monoisotopic (exact) mass is 413 g/mol. The summed E-state index contributed by atoms with van der Waals surface area (Å²) in [4.78, 5) is 35.9. The van der Waals surface area contributed by atoms with E-state index in [1.54, 1.807) is 48.8 Å². The predicted octanol–water partition coefficient (Wildman–Crippen LogP) is 2.90. The molecule has 29 heavy (non-hydrogen) atoms. The van der Waals surface area contributed by atoms with Crippen LogP contribution in [-0.2, 0) is 11.2 Å². The first-order chi connectivity index (χ1) is 13.7. The maximum Gasteiger partial charge on any atom is 0.253 e. The Morgan fingerprint density at radius 3 is 2.79 bits per heavy atom. The molecule has 2 N–H and O–H groups in total. The second kappa shape index (κ2) is 9.20. The van der Waals surface area contributed by atoms with Gasteiger partial charge >= 0.3 is 0 Å². The van der Waals surface area contributed by atoms with E-state index < -0.39 is 6.04 Å². The lowest BCUT2D eigenvalue weighted by Crippen LogP contribution is -2.31. The van der Waals surface area contributed by atoms with Crippen molar-refractivity contribution in [3.8, 4) is 5.75 Å². The number of fused-ring (bicyclic) bond motifs is 1. The highest BCUT2D eigenvalue weighted by atomic mass is 35.5. The van der Waals surface area contributed by atoms with Crippen LogP contribution in [0.4, 0.5) is 11.5 Å². The number of H-pyrrole nitrogens is 1. The van der Waals surface area contributed by atoms with Crippen LogP contribution < -0.4 is 15.6 Å². The van der Waals surface area contributed by atoms with Crippen LogP contribution in [0.5, 0.6) is 5.75 Å². The molecule has 1 unspecified atom stereocenters. The normalized spacial score (nSPS) is 14.1. The van der Waals surface area contributed by atoms with Gasteiger partial charge < -0.3 is 15.0 Å². The molecule has 0 fully saturated rings. The van der Waals surface area contributed by atoms with E-state index in [4.69, 9.17) is 4.74 Å². The summed E-state index contributed by atoms with van der Waals surface area (Å²) in [6, 6.07) is 11.1. The average molecular weight is 414 g/mol. The van der Waals surface area contributed by atoms with Gasteiger partial charge in [-0.1, -0.05) is 6.07 Å². The number of carbonyl (C=O) groups is 1. The Morgan fingerprint density at radius 1 is 1.21 bits per heavy atom. The Bertz CT molecular complexity index is 1040. The molecule has 1 amide bonds. The van der Waals surface area contributed by atoms with Crippen LogP contribution in [0, 0.1) is 0 Å². The summed E-state index contributed by atoms with van der Waals surface area (Å²) >= 11 is 0. The Balaban J connectivity index is 0.00000240. The summed E-state index contributed by atoms with van der Waals surface area (Å²) in [5, 5.41) is 2.81. The number of aromatic amines is 1. The van der Waals surface area contributed by atoms with E-state index >= 15 is 0 Å². The van der Waals surface area contributed by atoms with E-state index in [1.165, 1.54) is 16.8 Å². The molecule has 0 radical (unpaired) electrons. The van der Waals surface area contributed by atoms with Gasteiger partial charge in [0.2, 0.25) is 0 Å². The summed E-state index contributed by atoms with van der Waals surface area (Å²) in [6.07, 6.45) is 6.68. The Hall–Kier alpha value is -3.39. The fourth-order valence-corrected chi connectivity index (χ4v) is 2.99. The highest BCUT2D eigenvalue weighted by Crippen LogP contribution is 2.23. The number of amides is 1. The SMILES string of the molecule is Cl.O=C(Nc1ccc(OCCCc2ncc[nH]2)cc1)C1C=Nc2cccc(=O)n21. The zero-order valence-electron chi connectivity index (χ0n) is 15.4. The molecule has 4 rings (SSSR count). The maximum absolute atomic E-state index is 12.5. The predicted molar refractivity (Wildman–Crippen MR) is 113 cm³/mol. The second-order valence-electron chi connectivity index (χ2n) is 6.32. The molecular weight excluding hydrogens is 394 g/mol. The van der Waals surface area contributed by atoms with Gasteiger partial charge in [-0.2, -0.15) is 0 Å². The number of rotatable bonds is 7. The molecule has 2 aromatic heterocycles. The zero-order valence-corrected chi connectivity index (χ0v) is 16.3. The lowest BCUT2D eigenvalue weighted by molar-refractivity contribution is -0.117. The Morgan fingerprint density at radius 2 is 2.03 bits per heavy atom. The molecule has 1 aliphatic rings. The molecule has 150 valence electrons.